The molecule has 0 radical (unpaired) electrons. The second-order valence-corrected chi connectivity index (χ2v) is 2.53. The van der Waals surface area contributed by atoms with E-state index in [2.05, 4.69) is 0 Å². The zero-order valence-electron chi connectivity index (χ0n) is 5.83. The van der Waals surface area contributed by atoms with E-state index in [4.69, 9.17) is 5.11 Å². The van der Waals surface area contributed by atoms with Crippen molar-refractivity contribution in [3.8, 4) is 0 Å². The van der Waals surface area contributed by atoms with Crippen LogP contribution in [0.3, 0.4) is 0 Å². The van der Waals surface area contributed by atoms with Crippen LogP contribution in [0.5, 0.6) is 0 Å². The van der Waals surface area contributed by atoms with E-state index >= 15 is 0 Å². The van der Waals surface area contributed by atoms with E-state index in [0.717, 1.165) is 4.90 Å². The molecule has 1 atom stereocenters. The molecule has 0 aromatic carbocycles. The van der Waals surface area contributed by atoms with Crippen LogP contribution in [-0.4, -0.2) is 41.5 Å². The van der Waals surface area contributed by atoms with Crippen molar-refractivity contribution >= 4 is 5.91 Å². The summed E-state index contributed by atoms with van der Waals surface area (Å²) >= 11 is 0. The summed E-state index contributed by atoms with van der Waals surface area (Å²) < 4.78 is 23.5. The first-order chi connectivity index (χ1) is 5.11. The van der Waals surface area contributed by atoms with Crippen LogP contribution in [-0.2, 0) is 4.79 Å². The smallest absolute Gasteiger partial charge is 0.315 e. The molecule has 0 aromatic heterocycles. The Kier molecular flexibility index (Phi) is 2.38. The highest BCUT2D eigenvalue weighted by atomic mass is 19.3. The maximum atomic E-state index is 11.7. The summed E-state index contributed by atoms with van der Waals surface area (Å²) in [6.45, 7) is 0.285. The summed E-state index contributed by atoms with van der Waals surface area (Å²) in [7, 11) is 0. The van der Waals surface area contributed by atoms with Crippen molar-refractivity contribution in [2.45, 2.75) is 19.0 Å². The van der Waals surface area contributed by atoms with Crippen LogP contribution in [0.25, 0.3) is 0 Å². The zero-order chi connectivity index (χ0) is 8.43. The Morgan fingerprint density at radius 3 is 2.64 bits per heavy atom. The molecule has 0 saturated carbocycles. The highest BCUT2D eigenvalue weighted by molar-refractivity contribution is 5.79. The van der Waals surface area contributed by atoms with Crippen LogP contribution >= 0.6 is 0 Å². The number of halogens is 2. The third kappa shape index (κ3) is 1.86. The molecule has 1 heterocycles. The Morgan fingerprint density at radius 1 is 1.64 bits per heavy atom. The summed E-state index contributed by atoms with van der Waals surface area (Å²) in [4.78, 5) is 11.5. The Labute approximate surface area is 62.6 Å². The maximum Gasteiger partial charge on any atom is 0.315 e. The van der Waals surface area contributed by atoms with Crippen molar-refractivity contribution in [2.24, 2.45) is 0 Å². The van der Waals surface area contributed by atoms with E-state index in [-0.39, 0.29) is 13.1 Å². The van der Waals surface area contributed by atoms with Gasteiger partial charge in [0.05, 0.1) is 6.10 Å². The van der Waals surface area contributed by atoms with Gasteiger partial charge in [-0.25, -0.2) is 0 Å². The molecule has 64 valence electrons. The lowest BCUT2D eigenvalue weighted by Crippen LogP contribution is -2.34. The summed E-state index contributed by atoms with van der Waals surface area (Å²) in [6.07, 6.45) is -3.17. The maximum absolute atomic E-state index is 11.7. The fraction of sp³-hybridized carbons (Fsp3) is 0.833. The number of carbonyl (C=O) groups excluding carboxylic acids is 1. The molecule has 1 fully saturated rings. The Bertz CT molecular complexity index is 163. The van der Waals surface area contributed by atoms with Crippen molar-refractivity contribution < 1.29 is 18.7 Å². The quantitative estimate of drug-likeness (QED) is 0.586. The van der Waals surface area contributed by atoms with Gasteiger partial charge in [-0.15, -0.1) is 0 Å². The number of amides is 1. The standard InChI is InChI=1S/C6H9F2NO2/c7-5(8)6(11)9-2-1-4(10)3-9/h4-5,10H,1-3H2/t4-/m1/s1. The molecule has 0 aliphatic carbocycles. The molecule has 1 N–H and O–H groups in total. The number of aliphatic hydroxyl groups excluding tert-OH is 1. The lowest BCUT2D eigenvalue weighted by molar-refractivity contribution is -0.142. The van der Waals surface area contributed by atoms with E-state index in [1.54, 1.807) is 0 Å². The van der Waals surface area contributed by atoms with Gasteiger partial charge in [-0.1, -0.05) is 0 Å². The van der Waals surface area contributed by atoms with Crippen molar-refractivity contribution in [3.63, 3.8) is 0 Å². The van der Waals surface area contributed by atoms with Crippen LogP contribution in [0.1, 0.15) is 6.42 Å². The first-order valence-electron chi connectivity index (χ1n) is 3.36. The molecule has 1 amide bonds. The highest BCUT2D eigenvalue weighted by Gasteiger charge is 2.29. The number of carbonyl (C=O) groups is 1. The van der Waals surface area contributed by atoms with Gasteiger partial charge in [0.1, 0.15) is 0 Å². The number of nitrogens with zero attached hydrogens (tertiary/aromatic N) is 1. The Hall–Kier alpha value is -0.710. The monoisotopic (exact) mass is 165 g/mol. The SMILES string of the molecule is O=C(C(F)F)N1CC[C@@H](O)C1. The van der Waals surface area contributed by atoms with Crippen LogP contribution in [0, 0.1) is 0 Å². The van der Waals surface area contributed by atoms with Crippen molar-refractivity contribution in [1.82, 2.24) is 4.90 Å². The van der Waals surface area contributed by atoms with E-state index in [1.165, 1.54) is 0 Å². The highest BCUT2D eigenvalue weighted by Crippen LogP contribution is 2.11. The molecular weight excluding hydrogens is 156 g/mol. The number of aliphatic hydroxyl groups is 1. The van der Waals surface area contributed by atoms with Gasteiger partial charge in [-0.05, 0) is 6.42 Å². The normalized spacial score (nSPS) is 24.7. The van der Waals surface area contributed by atoms with E-state index in [1.807, 2.05) is 0 Å². The molecular formula is C6H9F2NO2. The molecule has 11 heavy (non-hydrogen) atoms. The van der Waals surface area contributed by atoms with Gasteiger partial charge in [0.15, 0.2) is 0 Å². The third-order valence-electron chi connectivity index (χ3n) is 1.66. The number of alkyl halides is 2. The lowest BCUT2D eigenvalue weighted by Gasteiger charge is -2.13. The summed E-state index contributed by atoms with van der Waals surface area (Å²) in [5, 5.41) is 8.89. The van der Waals surface area contributed by atoms with Gasteiger partial charge in [0.25, 0.3) is 5.91 Å². The van der Waals surface area contributed by atoms with Gasteiger partial charge in [-0.2, -0.15) is 8.78 Å². The lowest BCUT2D eigenvalue weighted by atomic mass is 10.3. The zero-order valence-corrected chi connectivity index (χ0v) is 5.83. The number of likely N-dealkylation sites (tertiary alicyclic amines) is 1. The molecule has 3 nitrogen and oxygen atoms in total. The van der Waals surface area contributed by atoms with Gasteiger partial charge in [0, 0.05) is 13.1 Å². The van der Waals surface area contributed by atoms with Crippen LogP contribution in [0.4, 0.5) is 8.78 Å². The first-order valence-corrected chi connectivity index (χ1v) is 3.36. The molecule has 5 heteroatoms. The Morgan fingerprint density at radius 2 is 2.27 bits per heavy atom. The molecule has 0 bridgehead atoms. The van der Waals surface area contributed by atoms with Crippen LogP contribution in [0.2, 0.25) is 0 Å². The summed E-state index contributed by atoms with van der Waals surface area (Å²) in [6, 6.07) is 0. The fourth-order valence-corrected chi connectivity index (χ4v) is 1.08. The van der Waals surface area contributed by atoms with Gasteiger partial charge in [0.2, 0.25) is 0 Å². The average Bonchev–Trinajstić information content (AvgIpc) is 2.34. The fourth-order valence-electron chi connectivity index (χ4n) is 1.08. The summed E-state index contributed by atoms with van der Waals surface area (Å²) in [5.41, 5.74) is 0. The topological polar surface area (TPSA) is 40.5 Å². The third-order valence-corrected chi connectivity index (χ3v) is 1.66. The van der Waals surface area contributed by atoms with Crippen LogP contribution < -0.4 is 0 Å². The molecule has 1 aliphatic rings. The Balaban J connectivity index is 2.43. The van der Waals surface area contributed by atoms with E-state index in [9.17, 15) is 13.6 Å². The average molecular weight is 165 g/mol. The minimum atomic E-state index is -2.94. The number of rotatable bonds is 1. The molecule has 0 aromatic rings. The predicted octanol–water partition coefficient (Wildman–Crippen LogP) is -0.155. The number of β-amino-alcohol motifs (C(OH)–C–C–N with tert-alkyl or cyclic N) is 1. The molecule has 0 spiro atoms. The summed E-state index contributed by atoms with van der Waals surface area (Å²) in [5.74, 6) is -1.18. The largest absolute Gasteiger partial charge is 0.391 e. The van der Waals surface area contributed by atoms with Crippen molar-refractivity contribution in [1.29, 1.82) is 0 Å². The van der Waals surface area contributed by atoms with Gasteiger partial charge >= 0.3 is 6.43 Å². The van der Waals surface area contributed by atoms with E-state index < -0.39 is 18.4 Å². The van der Waals surface area contributed by atoms with Crippen molar-refractivity contribution in [3.05, 3.63) is 0 Å². The first kappa shape index (κ1) is 8.39. The van der Waals surface area contributed by atoms with Crippen molar-refractivity contribution in [2.75, 3.05) is 13.1 Å². The minimum Gasteiger partial charge on any atom is -0.391 e. The van der Waals surface area contributed by atoms with Crippen LogP contribution in [0.15, 0.2) is 0 Å². The van der Waals surface area contributed by atoms with Gasteiger partial charge < -0.3 is 10.0 Å². The molecule has 1 aliphatic heterocycles. The predicted molar refractivity (Wildman–Crippen MR) is 33.2 cm³/mol. The molecule has 1 saturated heterocycles. The minimum absolute atomic E-state index is 0.0448. The molecule has 1 rings (SSSR count). The second-order valence-electron chi connectivity index (χ2n) is 2.53. The van der Waals surface area contributed by atoms with Gasteiger partial charge in [-0.3, -0.25) is 4.79 Å². The molecule has 0 unspecified atom stereocenters. The number of hydrogen-bond donors (Lipinski definition) is 1. The second kappa shape index (κ2) is 3.13. The van der Waals surface area contributed by atoms with E-state index in [0.29, 0.717) is 6.42 Å². The number of hydrogen-bond acceptors (Lipinski definition) is 2.